The van der Waals surface area contributed by atoms with Crippen molar-refractivity contribution in [2.45, 2.75) is 13.8 Å². The van der Waals surface area contributed by atoms with E-state index in [4.69, 9.17) is 5.73 Å². The minimum atomic E-state index is -0.254. The van der Waals surface area contributed by atoms with Gasteiger partial charge in [0.2, 0.25) is 0 Å². The minimum absolute atomic E-state index is 0.254. The first-order chi connectivity index (χ1) is 8.11. The number of aromatic nitrogens is 2. The lowest BCUT2D eigenvalue weighted by atomic mass is 10.3. The Kier molecular flexibility index (Phi) is 2.99. The van der Waals surface area contributed by atoms with Crippen molar-refractivity contribution >= 4 is 17.3 Å². The van der Waals surface area contributed by atoms with Gasteiger partial charge in [-0.25, -0.2) is 9.37 Å². The van der Waals surface area contributed by atoms with Crippen LogP contribution in [0.1, 0.15) is 12.7 Å². The Bertz CT molecular complexity index is 504. The van der Waals surface area contributed by atoms with Crippen LogP contribution in [0.15, 0.2) is 24.3 Å². The van der Waals surface area contributed by atoms with Gasteiger partial charge in [0.1, 0.15) is 17.5 Å². The molecule has 0 amide bonds. The van der Waals surface area contributed by atoms with Gasteiger partial charge >= 0.3 is 0 Å². The van der Waals surface area contributed by atoms with E-state index in [1.54, 1.807) is 12.1 Å². The Morgan fingerprint density at radius 2 is 2.00 bits per heavy atom. The predicted molar refractivity (Wildman–Crippen MR) is 66.8 cm³/mol. The number of anilines is 3. The SMILES string of the molecule is CCN(c1ccc(F)cc1)c1nc(C)[nH]c1N. The van der Waals surface area contributed by atoms with Crippen molar-refractivity contribution in [1.29, 1.82) is 0 Å². The molecule has 90 valence electrons. The molecule has 2 rings (SSSR count). The number of rotatable bonds is 3. The predicted octanol–water partition coefficient (Wildman–Crippen LogP) is 2.60. The van der Waals surface area contributed by atoms with Crippen LogP contribution >= 0.6 is 0 Å². The molecule has 0 aliphatic rings. The summed E-state index contributed by atoms with van der Waals surface area (Å²) in [4.78, 5) is 9.22. The van der Waals surface area contributed by atoms with Crippen molar-refractivity contribution in [3.8, 4) is 0 Å². The normalized spacial score (nSPS) is 10.5. The van der Waals surface area contributed by atoms with Crippen molar-refractivity contribution in [1.82, 2.24) is 9.97 Å². The Labute approximate surface area is 99.3 Å². The van der Waals surface area contributed by atoms with Gasteiger partial charge in [-0.1, -0.05) is 0 Å². The summed E-state index contributed by atoms with van der Waals surface area (Å²) in [6.45, 7) is 4.55. The third-order valence-electron chi connectivity index (χ3n) is 2.54. The van der Waals surface area contributed by atoms with Gasteiger partial charge in [-0.3, -0.25) is 0 Å². The van der Waals surface area contributed by atoms with Crippen molar-refractivity contribution in [3.63, 3.8) is 0 Å². The second-order valence-electron chi connectivity index (χ2n) is 3.78. The molecule has 3 N–H and O–H groups in total. The molecule has 2 aromatic rings. The lowest BCUT2D eigenvalue weighted by molar-refractivity contribution is 0.628. The molecule has 0 saturated heterocycles. The first-order valence-electron chi connectivity index (χ1n) is 5.47. The first-order valence-corrected chi connectivity index (χ1v) is 5.47. The zero-order valence-electron chi connectivity index (χ0n) is 9.87. The molecule has 1 heterocycles. The molecule has 0 atom stereocenters. The van der Waals surface area contributed by atoms with Gasteiger partial charge in [-0.05, 0) is 38.1 Å². The van der Waals surface area contributed by atoms with Crippen LogP contribution in [0.3, 0.4) is 0 Å². The molecular weight excluding hydrogens is 219 g/mol. The summed E-state index contributed by atoms with van der Waals surface area (Å²) in [7, 11) is 0. The number of hydrogen-bond donors (Lipinski definition) is 2. The van der Waals surface area contributed by atoms with E-state index in [1.807, 2.05) is 18.7 Å². The molecule has 5 heteroatoms. The Morgan fingerprint density at radius 1 is 1.35 bits per heavy atom. The number of aryl methyl sites for hydroxylation is 1. The van der Waals surface area contributed by atoms with Crippen LogP contribution in [0.25, 0.3) is 0 Å². The van der Waals surface area contributed by atoms with E-state index in [0.29, 0.717) is 18.2 Å². The molecule has 0 aliphatic heterocycles. The maximum atomic E-state index is 12.9. The van der Waals surface area contributed by atoms with Gasteiger partial charge in [0.05, 0.1) is 0 Å². The van der Waals surface area contributed by atoms with Gasteiger partial charge in [0.15, 0.2) is 5.82 Å². The van der Waals surface area contributed by atoms with Gasteiger partial charge in [0, 0.05) is 12.2 Å². The number of imidazole rings is 1. The number of nitrogens with one attached hydrogen (secondary N) is 1. The molecule has 1 aromatic carbocycles. The lowest BCUT2D eigenvalue weighted by Gasteiger charge is -2.21. The van der Waals surface area contributed by atoms with E-state index in [1.165, 1.54) is 12.1 Å². The fourth-order valence-corrected chi connectivity index (χ4v) is 1.78. The van der Waals surface area contributed by atoms with Gasteiger partial charge in [-0.15, -0.1) is 0 Å². The van der Waals surface area contributed by atoms with E-state index in [-0.39, 0.29) is 5.82 Å². The standard InChI is InChI=1S/C12H15FN4/c1-3-17(10-6-4-9(13)5-7-10)12-11(14)15-8(2)16-12/h4-7H,3,14H2,1-2H3,(H,15,16). The van der Waals surface area contributed by atoms with Crippen LogP contribution in [0.4, 0.5) is 21.7 Å². The van der Waals surface area contributed by atoms with Crippen LogP contribution in [-0.4, -0.2) is 16.5 Å². The van der Waals surface area contributed by atoms with E-state index >= 15 is 0 Å². The molecule has 17 heavy (non-hydrogen) atoms. The summed E-state index contributed by atoms with van der Waals surface area (Å²) in [5.41, 5.74) is 6.72. The maximum absolute atomic E-state index is 12.9. The number of nitrogens with zero attached hydrogens (tertiary/aromatic N) is 2. The number of hydrogen-bond acceptors (Lipinski definition) is 3. The number of benzene rings is 1. The summed E-state index contributed by atoms with van der Waals surface area (Å²) in [5.74, 6) is 1.71. The highest BCUT2D eigenvalue weighted by molar-refractivity contribution is 5.69. The third kappa shape index (κ3) is 2.22. The summed E-state index contributed by atoms with van der Waals surface area (Å²) < 4.78 is 12.9. The van der Waals surface area contributed by atoms with Crippen molar-refractivity contribution in [2.24, 2.45) is 0 Å². The van der Waals surface area contributed by atoms with E-state index < -0.39 is 0 Å². The number of nitrogen functional groups attached to an aromatic ring is 1. The van der Waals surface area contributed by atoms with Gasteiger partial charge in [-0.2, -0.15) is 0 Å². The highest BCUT2D eigenvalue weighted by Gasteiger charge is 2.14. The van der Waals surface area contributed by atoms with Crippen LogP contribution in [-0.2, 0) is 0 Å². The van der Waals surface area contributed by atoms with Crippen LogP contribution in [0, 0.1) is 12.7 Å². The molecular formula is C12H15FN4. The van der Waals surface area contributed by atoms with E-state index in [2.05, 4.69) is 9.97 Å². The van der Waals surface area contributed by atoms with Crippen molar-refractivity contribution in [2.75, 3.05) is 17.2 Å². The summed E-state index contributed by atoms with van der Waals surface area (Å²) >= 11 is 0. The van der Waals surface area contributed by atoms with Crippen LogP contribution < -0.4 is 10.6 Å². The lowest BCUT2D eigenvalue weighted by Crippen LogP contribution is -2.17. The number of H-pyrrole nitrogens is 1. The second-order valence-corrected chi connectivity index (χ2v) is 3.78. The van der Waals surface area contributed by atoms with E-state index in [0.717, 1.165) is 11.5 Å². The maximum Gasteiger partial charge on any atom is 0.175 e. The third-order valence-corrected chi connectivity index (χ3v) is 2.54. The fourth-order valence-electron chi connectivity index (χ4n) is 1.78. The van der Waals surface area contributed by atoms with Crippen LogP contribution in [0.5, 0.6) is 0 Å². The average Bonchev–Trinajstić information content (AvgIpc) is 2.62. The number of nitrogens with two attached hydrogens (primary N) is 1. The second kappa shape index (κ2) is 4.45. The Balaban J connectivity index is 2.39. The largest absolute Gasteiger partial charge is 0.382 e. The molecule has 1 aromatic heterocycles. The molecule has 4 nitrogen and oxygen atoms in total. The van der Waals surface area contributed by atoms with Gasteiger partial charge in [0.25, 0.3) is 0 Å². The van der Waals surface area contributed by atoms with Crippen LogP contribution in [0.2, 0.25) is 0 Å². The molecule has 0 unspecified atom stereocenters. The van der Waals surface area contributed by atoms with Crippen molar-refractivity contribution < 1.29 is 4.39 Å². The Hall–Kier alpha value is -2.04. The van der Waals surface area contributed by atoms with E-state index in [9.17, 15) is 4.39 Å². The number of aromatic amines is 1. The Morgan fingerprint density at radius 3 is 2.47 bits per heavy atom. The summed E-state index contributed by atoms with van der Waals surface area (Å²) in [6.07, 6.45) is 0. The summed E-state index contributed by atoms with van der Waals surface area (Å²) in [5, 5.41) is 0. The average molecular weight is 234 g/mol. The molecule has 0 fully saturated rings. The highest BCUT2D eigenvalue weighted by atomic mass is 19.1. The molecule has 0 bridgehead atoms. The molecule has 0 radical (unpaired) electrons. The molecule has 0 saturated carbocycles. The first kappa shape index (κ1) is 11.4. The monoisotopic (exact) mass is 234 g/mol. The smallest absolute Gasteiger partial charge is 0.175 e. The fraction of sp³-hybridized carbons (Fsp3) is 0.250. The quantitative estimate of drug-likeness (QED) is 0.858. The zero-order valence-corrected chi connectivity index (χ0v) is 9.87. The molecule has 0 aliphatic carbocycles. The summed E-state index contributed by atoms with van der Waals surface area (Å²) in [6, 6.07) is 6.27. The van der Waals surface area contributed by atoms with Gasteiger partial charge < -0.3 is 15.6 Å². The highest BCUT2D eigenvalue weighted by Crippen LogP contribution is 2.27. The van der Waals surface area contributed by atoms with Crippen molar-refractivity contribution in [3.05, 3.63) is 35.9 Å². The minimum Gasteiger partial charge on any atom is -0.382 e. The topological polar surface area (TPSA) is 57.9 Å². The number of halogens is 1. The zero-order chi connectivity index (χ0) is 12.4. The molecule has 0 spiro atoms.